The maximum atomic E-state index is 12.5. The highest BCUT2D eigenvalue weighted by atomic mass is 16.2. The van der Waals surface area contributed by atoms with Gasteiger partial charge in [0.05, 0.1) is 12.6 Å². The van der Waals surface area contributed by atoms with E-state index in [1.807, 2.05) is 20.8 Å². The molecule has 2 N–H and O–H groups in total. The standard InChI is InChI=1S/C16H29N3O2/c1-16(2,3)18-14(20)10-19(4)15(21)13-9-11-7-5-6-8-12(11)17-13/h11-13,17H,5-10H2,1-4H3,(H,18,20). The van der Waals surface area contributed by atoms with Crippen molar-refractivity contribution in [3.63, 3.8) is 0 Å². The summed E-state index contributed by atoms with van der Waals surface area (Å²) in [7, 11) is 1.72. The predicted octanol–water partition coefficient (Wildman–Crippen LogP) is 1.28. The smallest absolute Gasteiger partial charge is 0.240 e. The minimum absolute atomic E-state index is 0.0495. The molecule has 1 aliphatic heterocycles. The molecule has 120 valence electrons. The van der Waals surface area contributed by atoms with E-state index in [4.69, 9.17) is 0 Å². The molecule has 2 amide bonds. The number of hydrogen-bond donors (Lipinski definition) is 2. The van der Waals surface area contributed by atoms with Gasteiger partial charge in [-0.2, -0.15) is 0 Å². The molecule has 1 heterocycles. The number of carbonyl (C=O) groups excluding carboxylic acids is 2. The quantitative estimate of drug-likeness (QED) is 0.824. The molecule has 2 fully saturated rings. The van der Waals surface area contributed by atoms with Crippen LogP contribution < -0.4 is 10.6 Å². The number of nitrogens with zero attached hydrogens (tertiary/aromatic N) is 1. The van der Waals surface area contributed by atoms with Gasteiger partial charge < -0.3 is 15.5 Å². The second kappa shape index (κ2) is 6.34. The zero-order valence-electron chi connectivity index (χ0n) is 13.7. The molecule has 0 spiro atoms. The molecule has 3 atom stereocenters. The first-order valence-electron chi connectivity index (χ1n) is 8.08. The average molecular weight is 295 g/mol. The molecular weight excluding hydrogens is 266 g/mol. The third-order valence-electron chi connectivity index (χ3n) is 4.43. The van der Waals surface area contributed by atoms with Gasteiger partial charge in [0, 0.05) is 18.6 Å². The number of hydrogen-bond acceptors (Lipinski definition) is 3. The van der Waals surface area contributed by atoms with E-state index in [0.29, 0.717) is 12.0 Å². The van der Waals surface area contributed by atoms with Gasteiger partial charge in [-0.15, -0.1) is 0 Å². The SMILES string of the molecule is CN(CC(=O)NC(C)(C)C)C(=O)C1CC2CCCCC2N1. The van der Waals surface area contributed by atoms with Crippen molar-refractivity contribution in [1.82, 2.24) is 15.5 Å². The van der Waals surface area contributed by atoms with Crippen LogP contribution in [0, 0.1) is 5.92 Å². The van der Waals surface area contributed by atoms with Crippen molar-refractivity contribution in [3.8, 4) is 0 Å². The number of carbonyl (C=O) groups is 2. The molecule has 0 aromatic heterocycles. The van der Waals surface area contributed by atoms with Crippen LogP contribution in [-0.2, 0) is 9.59 Å². The van der Waals surface area contributed by atoms with Crippen molar-refractivity contribution in [2.45, 2.75) is 70.5 Å². The third kappa shape index (κ3) is 4.43. The molecule has 0 radical (unpaired) electrons. The van der Waals surface area contributed by atoms with Crippen molar-refractivity contribution in [3.05, 3.63) is 0 Å². The summed E-state index contributed by atoms with van der Waals surface area (Å²) in [6.45, 7) is 5.95. The van der Waals surface area contributed by atoms with Gasteiger partial charge in [0.1, 0.15) is 0 Å². The minimum Gasteiger partial charge on any atom is -0.350 e. The van der Waals surface area contributed by atoms with E-state index >= 15 is 0 Å². The highest BCUT2D eigenvalue weighted by Crippen LogP contribution is 2.33. The van der Waals surface area contributed by atoms with E-state index in [2.05, 4.69) is 10.6 Å². The van der Waals surface area contributed by atoms with Crippen molar-refractivity contribution >= 4 is 11.8 Å². The minimum atomic E-state index is -0.262. The number of rotatable bonds is 3. The molecule has 1 aliphatic carbocycles. The van der Waals surface area contributed by atoms with Gasteiger partial charge in [-0.05, 0) is 46.0 Å². The predicted molar refractivity (Wildman–Crippen MR) is 82.8 cm³/mol. The lowest BCUT2D eigenvalue weighted by Crippen LogP contribution is -2.50. The lowest BCUT2D eigenvalue weighted by atomic mass is 9.85. The fraction of sp³-hybridized carbons (Fsp3) is 0.875. The van der Waals surface area contributed by atoms with Crippen molar-refractivity contribution in [1.29, 1.82) is 0 Å². The molecule has 5 heteroatoms. The van der Waals surface area contributed by atoms with Crippen LogP contribution >= 0.6 is 0 Å². The fourth-order valence-corrected chi connectivity index (χ4v) is 3.53. The maximum absolute atomic E-state index is 12.5. The molecule has 0 bridgehead atoms. The Morgan fingerprint density at radius 1 is 1.24 bits per heavy atom. The van der Waals surface area contributed by atoms with Gasteiger partial charge >= 0.3 is 0 Å². The van der Waals surface area contributed by atoms with E-state index in [1.165, 1.54) is 25.7 Å². The van der Waals surface area contributed by atoms with Crippen LogP contribution in [0.1, 0.15) is 52.9 Å². The Kier molecular flexibility index (Phi) is 4.91. The second-order valence-corrected chi connectivity index (χ2v) is 7.60. The summed E-state index contributed by atoms with van der Waals surface area (Å²) in [6.07, 6.45) is 5.89. The van der Waals surface area contributed by atoms with E-state index in [0.717, 1.165) is 6.42 Å². The Balaban J connectivity index is 1.84. The van der Waals surface area contributed by atoms with Crippen molar-refractivity contribution < 1.29 is 9.59 Å². The van der Waals surface area contributed by atoms with Gasteiger partial charge in [0.25, 0.3) is 0 Å². The first-order valence-corrected chi connectivity index (χ1v) is 8.08. The third-order valence-corrected chi connectivity index (χ3v) is 4.43. The largest absolute Gasteiger partial charge is 0.350 e. The number of amides is 2. The zero-order chi connectivity index (χ0) is 15.6. The van der Waals surface area contributed by atoms with Crippen LogP contribution in [0.2, 0.25) is 0 Å². The molecular formula is C16H29N3O2. The Morgan fingerprint density at radius 2 is 1.90 bits per heavy atom. The van der Waals surface area contributed by atoms with Gasteiger partial charge in [0.2, 0.25) is 11.8 Å². The van der Waals surface area contributed by atoms with Gasteiger partial charge in [-0.3, -0.25) is 9.59 Å². The molecule has 5 nitrogen and oxygen atoms in total. The summed E-state index contributed by atoms with van der Waals surface area (Å²) in [5, 5.41) is 6.36. The van der Waals surface area contributed by atoms with E-state index < -0.39 is 0 Å². The van der Waals surface area contributed by atoms with E-state index in [1.54, 1.807) is 11.9 Å². The molecule has 1 saturated carbocycles. The topological polar surface area (TPSA) is 61.4 Å². The highest BCUT2D eigenvalue weighted by Gasteiger charge is 2.39. The molecule has 3 unspecified atom stereocenters. The highest BCUT2D eigenvalue weighted by molar-refractivity contribution is 5.87. The van der Waals surface area contributed by atoms with Crippen LogP contribution in [0.25, 0.3) is 0 Å². The van der Waals surface area contributed by atoms with Crippen molar-refractivity contribution in [2.75, 3.05) is 13.6 Å². The van der Waals surface area contributed by atoms with Crippen LogP contribution in [0.5, 0.6) is 0 Å². The maximum Gasteiger partial charge on any atom is 0.240 e. The van der Waals surface area contributed by atoms with Gasteiger partial charge in [0.15, 0.2) is 0 Å². The first kappa shape index (κ1) is 16.3. The summed E-state index contributed by atoms with van der Waals surface area (Å²) in [5.41, 5.74) is -0.262. The number of nitrogens with one attached hydrogen (secondary N) is 2. The first-order chi connectivity index (χ1) is 9.76. The summed E-state index contributed by atoms with van der Waals surface area (Å²) in [5.74, 6) is 0.590. The molecule has 21 heavy (non-hydrogen) atoms. The number of likely N-dealkylation sites (N-methyl/N-ethyl adjacent to an activating group) is 1. The fourth-order valence-electron chi connectivity index (χ4n) is 3.53. The molecule has 2 aliphatic rings. The van der Waals surface area contributed by atoms with E-state index in [-0.39, 0.29) is 29.9 Å². The zero-order valence-corrected chi connectivity index (χ0v) is 13.7. The molecule has 0 aromatic carbocycles. The summed E-state index contributed by atoms with van der Waals surface area (Å²) >= 11 is 0. The number of fused-ring (bicyclic) bond motifs is 1. The lowest BCUT2D eigenvalue weighted by Gasteiger charge is -2.25. The van der Waals surface area contributed by atoms with Gasteiger partial charge in [-0.25, -0.2) is 0 Å². The Labute approximate surface area is 127 Å². The Hall–Kier alpha value is -1.10. The summed E-state index contributed by atoms with van der Waals surface area (Å²) in [4.78, 5) is 25.9. The molecule has 0 aromatic rings. The van der Waals surface area contributed by atoms with E-state index in [9.17, 15) is 9.59 Å². The normalized spacial score (nSPS) is 28.9. The van der Waals surface area contributed by atoms with Crippen LogP contribution in [-0.4, -0.2) is 47.9 Å². The Morgan fingerprint density at radius 3 is 2.52 bits per heavy atom. The summed E-state index contributed by atoms with van der Waals surface area (Å²) < 4.78 is 0. The molecule has 2 rings (SSSR count). The van der Waals surface area contributed by atoms with Crippen LogP contribution in [0.4, 0.5) is 0 Å². The molecule has 1 saturated heterocycles. The lowest BCUT2D eigenvalue weighted by molar-refractivity contribution is -0.136. The average Bonchev–Trinajstić information content (AvgIpc) is 2.78. The Bertz CT molecular complexity index is 389. The second-order valence-electron chi connectivity index (χ2n) is 7.60. The summed E-state index contributed by atoms with van der Waals surface area (Å²) in [6, 6.07) is 0.398. The monoisotopic (exact) mass is 295 g/mol. The van der Waals surface area contributed by atoms with Crippen LogP contribution in [0.15, 0.2) is 0 Å². The van der Waals surface area contributed by atoms with Gasteiger partial charge in [-0.1, -0.05) is 12.8 Å². The van der Waals surface area contributed by atoms with Crippen LogP contribution in [0.3, 0.4) is 0 Å². The van der Waals surface area contributed by atoms with Crippen molar-refractivity contribution in [2.24, 2.45) is 5.92 Å².